The van der Waals surface area contributed by atoms with Crippen molar-refractivity contribution >= 4 is 96.9 Å². The van der Waals surface area contributed by atoms with Crippen LogP contribution >= 0.6 is 57.6 Å². The summed E-state index contributed by atoms with van der Waals surface area (Å²) in [6.07, 6.45) is 1.86. The zero-order chi connectivity index (χ0) is 32.4. The lowest BCUT2D eigenvalue weighted by Crippen LogP contribution is -2.28. The van der Waals surface area contributed by atoms with E-state index in [4.69, 9.17) is 37.7 Å². The zero-order valence-corrected chi connectivity index (χ0v) is 29.8. The number of benzene rings is 5. The molecular weight excluding hydrogens is 750 g/mol. The molecule has 1 aliphatic rings. The van der Waals surface area contributed by atoms with Crippen LogP contribution in [0.3, 0.4) is 0 Å². The summed E-state index contributed by atoms with van der Waals surface area (Å²) in [4.78, 5) is 20.9. The number of halogens is 3. The van der Waals surface area contributed by atoms with Crippen LogP contribution in [0.15, 0.2) is 101 Å². The predicted molar refractivity (Wildman–Crippen MR) is 201 cm³/mol. The summed E-state index contributed by atoms with van der Waals surface area (Å²) in [7, 11) is 0. The third-order valence-corrected chi connectivity index (χ3v) is 10.1. The number of amides is 1. The van der Waals surface area contributed by atoms with Gasteiger partial charge in [0.15, 0.2) is 16.7 Å². The van der Waals surface area contributed by atoms with Crippen molar-refractivity contribution in [3.8, 4) is 11.5 Å². The number of aliphatic imine (C=N–C) groups is 1. The van der Waals surface area contributed by atoms with Gasteiger partial charge in [-0.15, -0.1) is 0 Å². The summed E-state index contributed by atoms with van der Waals surface area (Å²) in [6.45, 7) is 6.66. The molecular formula is C37H29Cl2IN2O3S. The molecule has 0 saturated carbocycles. The molecule has 1 aliphatic heterocycles. The zero-order valence-electron chi connectivity index (χ0n) is 25.3. The molecule has 6 rings (SSSR count). The molecule has 0 aromatic heterocycles. The van der Waals surface area contributed by atoms with Crippen molar-refractivity contribution in [2.45, 2.75) is 27.4 Å². The molecule has 1 amide bonds. The van der Waals surface area contributed by atoms with Gasteiger partial charge < -0.3 is 9.47 Å². The topological polar surface area (TPSA) is 51.1 Å². The highest BCUT2D eigenvalue weighted by molar-refractivity contribution is 14.1. The largest absolute Gasteiger partial charge is 0.490 e. The van der Waals surface area contributed by atoms with Crippen LogP contribution in [0.5, 0.6) is 11.5 Å². The van der Waals surface area contributed by atoms with Gasteiger partial charge in [0, 0.05) is 10.0 Å². The molecule has 232 valence electrons. The summed E-state index contributed by atoms with van der Waals surface area (Å²) >= 11 is 16.4. The van der Waals surface area contributed by atoms with Crippen molar-refractivity contribution in [3.05, 3.63) is 132 Å². The van der Waals surface area contributed by atoms with Crippen LogP contribution in [0.2, 0.25) is 10.0 Å². The lowest BCUT2D eigenvalue weighted by Gasteiger charge is -2.17. The molecule has 1 saturated heterocycles. The van der Waals surface area contributed by atoms with Crippen LogP contribution < -0.4 is 14.4 Å². The Morgan fingerprint density at radius 3 is 2.39 bits per heavy atom. The summed E-state index contributed by atoms with van der Waals surface area (Å²) in [5.41, 5.74) is 5.06. The van der Waals surface area contributed by atoms with Crippen molar-refractivity contribution < 1.29 is 14.3 Å². The van der Waals surface area contributed by atoms with Gasteiger partial charge in [-0.1, -0.05) is 77.8 Å². The van der Waals surface area contributed by atoms with Gasteiger partial charge in [0.25, 0.3) is 5.91 Å². The Bertz CT molecular complexity index is 2040. The molecule has 1 fully saturated rings. The van der Waals surface area contributed by atoms with E-state index in [1.807, 2.05) is 81.4 Å². The summed E-state index contributed by atoms with van der Waals surface area (Å²) in [5, 5.41) is 4.00. The fraction of sp³-hybridized carbons (Fsp3) is 0.135. The fourth-order valence-electron chi connectivity index (χ4n) is 5.05. The van der Waals surface area contributed by atoms with E-state index in [1.165, 1.54) is 17.1 Å². The van der Waals surface area contributed by atoms with Gasteiger partial charge in [-0.25, -0.2) is 4.99 Å². The fourth-order valence-corrected chi connectivity index (χ4v) is 7.18. The average Bonchev–Trinajstić information content (AvgIpc) is 3.33. The van der Waals surface area contributed by atoms with E-state index >= 15 is 0 Å². The number of carbonyl (C=O) groups is 1. The Balaban J connectivity index is 1.35. The molecule has 0 spiro atoms. The smallest absolute Gasteiger partial charge is 0.271 e. The number of ether oxygens (including phenoxy) is 2. The highest BCUT2D eigenvalue weighted by Gasteiger charge is 2.35. The van der Waals surface area contributed by atoms with E-state index in [2.05, 4.69) is 46.9 Å². The number of hydrogen-bond acceptors (Lipinski definition) is 5. The molecule has 0 bridgehead atoms. The highest BCUT2D eigenvalue weighted by atomic mass is 127. The van der Waals surface area contributed by atoms with Crippen LogP contribution in [-0.4, -0.2) is 17.7 Å². The molecule has 5 aromatic carbocycles. The van der Waals surface area contributed by atoms with E-state index in [0.29, 0.717) is 56.2 Å². The lowest BCUT2D eigenvalue weighted by atomic mass is 10.1. The minimum atomic E-state index is -0.203. The number of rotatable bonds is 8. The maximum atomic E-state index is 14.0. The third-order valence-electron chi connectivity index (χ3n) is 7.48. The van der Waals surface area contributed by atoms with Crippen molar-refractivity contribution in [2.24, 2.45) is 4.99 Å². The number of thioether (sulfide) groups is 1. The first-order chi connectivity index (χ1) is 22.2. The van der Waals surface area contributed by atoms with Crippen LogP contribution in [-0.2, 0) is 11.4 Å². The summed E-state index contributed by atoms with van der Waals surface area (Å²) in [6, 6.07) is 29.5. The quantitative estimate of drug-likeness (QED) is 0.116. The second-order valence-corrected chi connectivity index (χ2v) is 13.7. The van der Waals surface area contributed by atoms with Gasteiger partial charge in [0.2, 0.25) is 0 Å². The minimum Gasteiger partial charge on any atom is -0.490 e. The normalized spacial score (nSPS) is 14.9. The van der Waals surface area contributed by atoms with Crippen LogP contribution in [0.4, 0.5) is 11.4 Å². The first-order valence-corrected chi connectivity index (χ1v) is 17.3. The van der Waals surface area contributed by atoms with Gasteiger partial charge in [0.1, 0.15) is 6.61 Å². The maximum absolute atomic E-state index is 14.0. The Hall–Kier alpha value is -3.50. The Kier molecular flexibility index (Phi) is 9.94. The van der Waals surface area contributed by atoms with Crippen molar-refractivity contribution in [1.29, 1.82) is 0 Å². The Morgan fingerprint density at radius 1 is 0.891 bits per heavy atom. The summed E-state index contributed by atoms with van der Waals surface area (Å²) < 4.78 is 13.3. The Labute approximate surface area is 296 Å². The van der Waals surface area contributed by atoms with Gasteiger partial charge >= 0.3 is 0 Å². The third kappa shape index (κ3) is 6.93. The molecule has 0 unspecified atom stereocenters. The molecule has 0 aliphatic carbocycles. The number of nitrogens with zero attached hydrogens (tertiary/aromatic N) is 2. The van der Waals surface area contributed by atoms with Gasteiger partial charge in [-0.3, -0.25) is 9.69 Å². The van der Waals surface area contributed by atoms with Gasteiger partial charge in [-0.05, 0) is 131 Å². The van der Waals surface area contributed by atoms with E-state index in [-0.39, 0.29) is 5.91 Å². The molecule has 9 heteroatoms. The average molecular weight is 780 g/mol. The SMILES string of the molecule is CCOc1cc(/C=C2/SC(=Nc3ccc(C)c(Cl)c3)N(c3ccc(C)c(Cl)c3)C2=O)cc(I)c1OCc1cccc2ccccc12. The first kappa shape index (κ1) is 32.4. The van der Waals surface area contributed by atoms with Gasteiger partial charge in [-0.2, -0.15) is 0 Å². The predicted octanol–water partition coefficient (Wildman–Crippen LogP) is 11.2. The molecule has 5 nitrogen and oxygen atoms in total. The first-order valence-electron chi connectivity index (χ1n) is 14.6. The number of amidine groups is 1. The minimum absolute atomic E-state index is 0.203. The highest BCUT2D eigenvalue weighted by Crippen LogP contribution is 2.41. The molecule has 1 heterocycles. The van der Waals surface area contributed by atoms with Gasteiger partial charge in [0.05, 0.1) is 26.5 Å². The van der Waals surface area contributed by atoms with Crippen molar-refractivity contribution in [1.82, 2.24) is 0 Å². The van der Waals surface area contributed by atoms with Crippen LogP contribution in [0.1, 0.15) is 29.2 Å². The van der Waals surface area contributed by atoms with E-state index in [9.17, 15) is 4.79 Å². The monoisotopic (exact) mass is 778 g/mol. The molecule has 5 aromatic rings. The number of hydrogen-bond donors (Lipinski definition) is 0. The number of carbonyl (C=O) groups excluding carboxylic acids is 1. The molecule has 0 N–H and O–H groups in total. The van der Waals surface area contributed by atoms with Crippen LogP contribution in [0, 0.1) is 17.4 Å². The molecule has 0 radical (unpaired) electrons. The van der Waals surface area contributed by atoms with E-state index in [1.54, 1.807) is 17.0 Å². The number of fused-ring (bicyclic) bond motifs is 1. The standard InChI is InChI=1S/C37H29Cl2IN2O3S/c1-4-44-33-17-24(16-32(40)35(33)45-21-26-10-7-9-25-8-5-6-11-29(25)26)18-34-36(43)42(28-15-13-23(3)31(39)20-28)37(46-34)41-27-14-12-22(2)30(38)19-27/h5-20H,4,21H2,1-3H3/b34-18+,41-37?. The molecule has 46 heavy (non-hydrogen) atoms. The lowest BCUT2D eigenvalue weighted by molar-refractivity contribution is -0.113. The van der Waals surface area contributed by atoms with Crippen molar-refractivity contribution in [3.63, 3.8) is 0 Å². The second-order valence-electron chi connectivity index (χ2n) is 10.7. The van der Waals surface area contributed by atoms with E-state index in [0.717, 1.165) is 31.2 Å². The Morgan fingerprint density at radius 2 is 1.63 bits per heavy atom. The second kappa shape index (κ2) is 14.1. The number of aryl methyl sites for hydroxylation is 2. The maximum Gasteiger partial charge on any atom is 0.271 e. The van der Waals surface area contributed by atoms with E-state index < -0.39 is 0 Å². The number of anilines is 1. The van der Waals surface area contributed by atoms with Crippen molar-refractivity contribution in [2.75, 3.05) is 11.5 Å². The summed E-state index contributed by atoms with van der Waals surface area (Å²) in [5.74, 6) is 1.07. The molecule has 0 atom stereocenters. The van der Waals surface area contributed by atoms with Crippen LogP contribution in [0.25, 0.3) is 16.8 Å².